The fourth-order valence-corrected chi connectivity index (χ4v) is 3.29. The average molecular weight is 433 g/mol. The van der Waals surface area contributed by atoms with Crippen molar-refractivity contribution < 1.29 is 18.3 Å². The van der Waals surface area contributed by atoms with E-state index in [1.807, 2.05) is 6.92 Å². The number of amides is 1. The zero-order valence-electron chi connectivity index (χ0n) is 16.5. The summed E-state index contributed by atoms with van der Waals surface area (Å²) in [6.45, 7) is 3.24. The lowest BCUT2D eigenvalue weighted by atomic mass is 9.96. The molecule has 5 nitrogen and oxygen atoms in total. The number of rotatable bonds is 5. The van der Waals surface area contributed by atoms with Gasteiger partial charge in [-0.25, -0.2) is 8.78 Å². The summed E-state index contributed by atoms with van der Waals surface area (Å²) in [6, 6.07) is 8.23. The van der Waals surface area contributed by atoms with Crippen LogP contribution in [0.25, 0.3) is 11.1 Å². The molecular formula is C22H19ClF2N2O3. The summed E-state index contributed by atoms with van der Waals surface area (Å²) < 4.78 is 32.9. The van der Waals surface area contributed by atoms with Crippen LogP contribution >= 0.6 is 11.6 Å². The molecule has 30 heavy (non-hydrogen) atoms. The van der Waals surface area contributed by atoms with E-state index in [4.69, 9.17) is 16.3 Å². The van der Waals surface area contributed by atoms with Crippen LogP contribution in [0.3, 0.4) is 0 Å². The van der Waals surface area contributed by atoms with Crippen molar-refractivity contribution in [3.8, 4) is 16.9 Å². The van der Waals surface area contributed by atoms with Gasteiger partial charge >= 0.3 is 0 Å². The van der Waals surface area contributed by atoms with Gasteiger partial charge in [0.15, 0.2) is 5.75 Å². The SMILES string of the molecule is CNC(=O)c1ccc(C)c(-c2c(C)[nH]c(=O)c(Cl)c2OCc2ccc(F)cc2F)c1. The molecule has 0 unspecified atom stereocenters. The number of halogens is 3. The molecule has 0 bridgehead atoms. The summed E-state index contributed by atoms with van der Waals surface area (Å²) in [7, 11) is 1.52. The van der Waals surface area contributed by atoms with E-state index in [1.54, 1.807) is 25.1 Å². The summed E-state index contributed by atoms with van der Waals surface area (Å²) in [4.78, 5) is 27.0. The number of ether oxygens (including phenoxy) is 1. The normalized spacial score (nSPS) is 10.7. The predicted molar refractivity (Wildman–Crippen MR) is 111 cm³/mol. The highest BCUT2D eigenvalue weighted by molar-refractivity contribution is 6.32. The number of pyridine rings is 1. The highest BCUT2D eigenvalue weighted by Crippen LogP contribution is 2.38. The molecule has 1 aromatic heterocycles. The molecule has 0 saturated heterocycles. The number of carbonyl (C=O) groups is 1. The Bertz CT molecular complexity index is 1190. The minimum absolute atomic E-state index is 0.0544. The van der Waals surface area contributed by atoms with E-state index in [1.165, 1.54) is 13.1 Å². The number of H-pyrrole nitrogens is 1. The van der Waals surface area contributed by atoms with Crippen molar-refractivity contribution in [2.24, 2.45) is 0 Å². The lowest BCUT2D eigenvalue weighted by Gasteiger charge is -2.18. The first-order valence-electron chi connectivity index (χ1n) is 9.05. The molecule has 0 aliphatic heterocycles. The zero-order chi connectivity index (χ0) is 22.0. The van der Waals surface area contributed by atoms with Crippen molar-refractivity contribution in [2.75, 3.05) is 7.05 Å². The van der Waals surface area contributed by atoms with Gasteiger partial charge < -0.3 is 15.0 Å². The molecule has 1 amide bonds. The Morgan fingerprint density at radius 3 is 2.57 bits per heavy atom. The molecule has 0 radical (unpaired) electrons. The Morgan fingerprint density at radius 1 is 1.17 bits per heavy atom. The smallest absolute Gasteiger partial charge is 0.270 e. The van der Waals surface area contributed by atoms with Crippen molar-refractivity contribution in [3.05, 3.63) is 85.8 Å². The number of aryl methyl sites for hydroxylation is 2. The van der Waals surface area contributed by atoms with Crippen molar-refractivity contribution in [1.82, 2.24) is 10.3 Å². The van der Waals surface area contributed by atoms with Gasteiger partial charge in [-0.2, -0.15) is 0 Å². The van der Waals surface area contributed by atoms with E-state index in [2.05, 4.69) is 10.3 Å². The third-order valence-corrected chi connectivity index (χ3v) is 5.03. The van der Waals surface area contributed by atoms with Crippen LogP contribution < -0.4 is 15.6 Å². The van der Waals surface area contributed by atoms with Crippen LogP contribution in [0.4, 0.5) is 8.78 Å². The van der Waals surface area contributed by atoms with E-state index in [-0.39, 0.29) is 28.8 Å². The van der Waals surface area contributed by atoms with Crippen molar-refractivity contribution in [3.63, 3.8) is 0 Å². The van der Waals surface area contributed by atoms with Crippen LogP contribution in [0.15, 0.2) is 41.2 Å². The maximum absolute atomic E-state index is 14.0. The van der Waals surface area contributed by atoms with E-state index in [9.17, 15) is 18.4 Å². The van der Waals surface area contributed by atoms with Crippen LogP contribution in [0.2, 0.25) is 5.02 Å². The van der Waals surface area contributed by atoms with Gasteiger partial charge in [-0.15, -0.1) is 0 Å². The van der Waals surface area contributed by atoms with Gasteiger partial charge in [0.1, 0.15) is 23.3 Å². The molecule has 2 aromatic carbocycles. The molecule has 2 N–H and O–H groups in total. The maximum atomic E-state index is 14.0. The number of aromatic nitrogens is 1. The molecule has 156 valence electrons. The Balaban J connectivity index is 2.13. The molecule has 3 rings (SSSR count). The van der Waals surface area contributed by atoms with E-state index >= 15 is 0 Å². The first kappa shape index (κ1) is 21.5. The number of hydrogen-bond acceptors (Lipinski definition) is 3. The lowest BCUT2D eigenvalue weighted by molar-refractivity contribution is 0.0963. The second-order valence-corrected chi connectivity index (χ2v) is 7.11. The third-order valence-electron chi connectivity index (χ3n) is 4.69. The predicted octanol–water partition coefficient (Wildman–Crippen LogP) is 4.53. The molecule has 8 heteroatoms. The molecule has 0 atom stereocenters. The van der Waals surface area contributed by atoms with Crippen LogP contribution in [-0.4, -0.2) is 17.9 Å². The topological polar surface area (TPSA) is 71.2 Å². The Labute approximate surface area is 176 Å². The fourth-order valence-electron chi connectivity index (χ4n) is 3.10. The van der Waals surface area contributed by atoms with Crippen LogP contribution in [0, 0.1) is 25.5 Å². The highest BCUT2D eigenvalue weighted by Gasteiger charge is 2.21. The van der Waals surface area contributed by atoms with E-state index in [0.29, 0.717) is 22.4 Å². The Hall–Kier alpha value is -3.19. The quantitative estimate of drug-likeness (QED) is 0.622. The van der Waals surface area contributed by atoms with Gasteiger partial charge in [0.2, 0.25) is 0 Å². The van der Waals surface area contributed by atoms with Gasteiger partial charge in [0.25, 0.3) is 11.5 Å². The number of nitrogens with one attached hydrogen (secondary N) is 2. The van der Waals surface area contributed by atoms with Gasteiger partial charge in [0.05, 0.1) is 0 Å². The number of aromatic amines is 1. The number of benzene rings is 2. The van der Waals surface area contributed by atoms with Gasteiger partial charge in [0, 0.05) is 35.5 Å². The first-order valence-corrected chi connectivity index (χ1v) is 9.43. The zero-order valence-corrected chi connectivity index (χ0v) is 17.3. The fraction of sp³-hybridized carbons (Fsp3) is 0.182. The van der Waals surface area contributed by atoms with Crippen molar-refractivity contribution in [2.45, 2.75) is 20.5 Å². The minimum Gasteiger partial charge on any atom is -0.486 e. The van der Waals surface area contributed by atoms with Gasteiger partial charge in [-0.05, 0) is 49.2 Å². The summed E-state index contributed by atoms with van der Waals surface area (Å²) in [5, 5.41) is 2.35. The standard InChI is InChI=1S/C22H19ClF2N2O3/c1-11-4-5-13(21(28)26-3)8-16(11)18-12(2)27-22(29)19(23)20(18)30-10-14-6-7-15(24)9-17(14)25/h4-9H,10H2,1-3H3,(H,26,28)(H,27,29). The van der Waals surface area contributed by atoms with Crippen molar-refractivity contribution >= 4 is 17.5 Å². The average Bonchev–Trinajstić information content (AvgIpc) is 2.71. The molecule has 3 aromatic rings. The Kier molecular flexibility index (Phi) is 6.22. The molecule has 0 aliphatic carbocycles. The largest absolute Gasteiger partial charge is 0.486 e. The molecule has 0 saturated carbocycles. The first-order chi connectivity index (χ1) is 14.2. The second kappa shape index (κ2) is 8.67. The molecular weight excluding hydrogens is 414 g/mol. The summed E-state index contributed by atoms with van der Waals surface area (Å²) >= 11 is 6.23. The van der Waals surface area contributed by atoms with Gasteiger partial charge in [-0.3, -0.25) is 9.59 Å². The summed E-state index contributed by atoms with van der Waals surface area (Å²) in [5.74, 6) is -1.70. The van der Waals surface area contributed by atoms with E-state index in [0.717, 1.165) is 17.7 Å². The maximum Gasteiger partial charge on any atom is 0.270 e. The molecule has 1 heterocycles. The third kappa shape index (κ3) is 4.21. The monoisotopic (exact) mass is 432 g/mol. The summed E-state index contributed by atoms with van der Waals surface area (Å²) in [6.07, 6.45) is 0. The molecule has 0 spiro atoms. The van der Waals surface area contributed by atoms with E-state index < -0.39 is 17.2 Å². The number of carbonyl (C=O) groups excluding carboxylic acids is 1. The Morgan fingerprint density at radius 2 is 1.90 bits per heavy atom. The lowest BCUT2D eigenvalue weighted by Crippen LogP contribution is -2.18. The van der Waals surface area contributed by atoms with Gasteiger partial charge in [-0.1, -0.05) is 17.7 Å². The molecule has 0 fully saturated rings. The van der Waals surface area contributed by atoms with Crippen molar-refractivity contribution in [1.29, 1.82) is 0 Å². The van der Waals surface area contributed by atoms with Crippen LogP contribution in [0.1, 0.15) is 27.2 Å². The highest BCUT2D eigenvalue weighted by atomic mass is 35.5. The molecule has 0 aliphatic rings. The van der Waals surface area contributed by atoms with Crippen LogP contribution in [-0.2, 0) is 6.61 Å². The van der Waals surface area contributed by atoms with Crippen LogP contribution in [0.5, 0.6) is 5.75 Å². The summed E-state index contributed by atoms with van der Waals surface area (Å²) in [5.41, 5.74) is 2.34. The second-order valence-electron chi connectivity index (χ2n) is 6.73. The number of hydrogen-bond donors (Lipinski definition) is 2. The minimum atomic E-state index is -0.771.